The first-order valence-electron chi connectivity index (χ1n) is 15.3. The normalized spacial score (nSPS) is 16.8. The van der Waals surface area contributed by atoms with Crippen LogP contribution >= 0.6 is 11.6 Å². The summed E-state index contributed by atoms with van der Waals surface area (Å²) in [7, 11) is 1.68. The fraction of sp³-hybridized carbons (Fsp3) is 0.286. The molecule has 1 aliphatic rings. The summed E-state index contributed by atoms with van der Waals surface area (Å²) in [6.07, 6.45) is 13.4. The van der Waals surface area contributed by atoms with Crippen LogP contribution in [0.5, 0.6) is 5.75 Å². The van der Waals surface area contributed by atoms with Crippen molar-refractivity contribution in [3.63, 3.8) is 0 Å². The van der Waals surface area contributed by atoms with Crippen molar-refractivity contribution in [3.8, 4) is 17.0 Å². The number of amides is 1. The quantitative estimate of drug-likeness (QED) is 0.0413. The van der Waals surface area contributed by atoms with Crippen LogP contribution in [0, 0.1) is 0 Å². The van der Waals surface area contributed by atoms with Crippen molar-refractivity contribution in [2.75, 3.05) is 17.7 Å². The number of hydrogen-bond acceptors (Lipinski definition) is 6. The first-order valence-corrected chi connectivity index (χ1v) is 15.7. The van der Waals surface area contributed by atoms with Crippen molar-refractivity contribution in [1.29, 1.82) is 0 Å². The van der Waals surface area contributed by atoms with E-state index in [1.54, 1.807) is 31.4 Å². The number of ether oxygens (including phenoxy) is 1. The molecule has 234 valence electrons. The Kier molecular flexibility index (Phi) is 11.1. The number of benzene rings is 3. The lowest BCUT2D eigenvalue weighted by Gasteiger charge is -2.23. The highest BCUT2D eigenvalue weighted by molar-refractivity contribution is 6.30. The summed E-state index contributed by atoms with van der Waals surface area (Å²) in [5, 5.41) is 14.0. The van der Waals surface area contributed by atoms with Crippen LogP contribution in [-0.2, 0) is 11.2 Å². The largest absolute Gasteiger partial charge is 0.497 e. The van der Waals surface area contributed by atoms with Gasteiger partial charge in [0.2, 0.25) is 5.91 Å². The Morgan fingerprint density at radius 3 is 2.80 bits per heavy atom. The number of hydrogen-bond donors (Lipinski definition) is 5. The molecule has 2 bridgehead atoms. The maximum atomic E-state index is 13.2. The van der Waals surface area contributed by atoms with Gasteiger partial charge in [-0.2, -0.15) is 5.10 Å². The van der Waals surface area contributed by atoms with Crippen molar-refractivity contribution < 1.29 is 9.53 Å². The fourth-order valence-electron chi connectivity index (χ4n) is 5.66. The molecule has 3 aromatic carbocycles. The van der Waals surface area contributed by atoms with E-state index in [1.165, 1.54) is 18.0 Å². The number of carbonyl (C=O) groups is 1. The number of fused-ring (bicyclic) bond motifs is 4. The van der Waals surface area contributed by atoms with Crippen LogP contribution < -0.4 is 26.5 Å². The molecule has 1 amide bonds. The zero-order valence-electron chi connectivity index (χ0n) is 25.4. The Hall–Kier alpha value is -4.76. The van der Waals surface area contributed by atoms with Gasteiger partial charge in [0.25, 0.3) is 0 Å². The van der Waals surface area contributed by atoms with E-state index >= 15 is 0 Å². The number of rotatable bonds is 10. The second kappa shape index (κ2) is 15.8. The molecule has 6 N–H and O–H groups in total. The van der Waals surface area contributed by atoms with E-state index in [2.05, 4.69) is 56.4 Å². The second-order valence-electron chi connectivity index (χ2n) is 11.1. The number of hydrazone groups is 1. The Morgan fingerprint density at radius 2 is 1.98 bits per heavy atom. The number of anilines is 2. The third kappa shape index (κ3) is 8.89. The van der Waals surface area contributed by atoms with Crippen LogP contribution in [0.4, 0.5) is 11.4 Å². The molecule has 0 saturated carbocycles. The Balaban J connectivity index is 1.34. The molecule has 45 heavy (non-hydrogen) atoms. The minimum absolute atomic E-state index is 0.228. The van der Waals surface area contributed by atoms with Crippen molar-refractivity contribution in [3.05, 3.63) is 101 Å². The number of aromatic nitrogens is 2. The summed E-state index contributed by atoms with van der Waals surface area (Å²) in [6, 6.07) is 22.0. The van der Waals surface area contributed by atoms with Gasteiger partial charge in [-0.05, 0) is 79.6 Å². The Bertz CT molecular complexity index is 1620. The molecule has 1 aliphatic heterocycles. The van der Waals surface area contributed by atoms with Gasteiger partial charge in [-0.15, -0.1) is 0 Å². The third-order valence-electron chi connectivity index (χ3n) is 7.99. The summed E-state index contributed by atoms with van der Waals surface area (Å²) in [5.74, 6) is 6.52. The standard InChI is InChI=1S/C35H40ClN7O2/c1-45-28-16-17-29-32(21-28)41-27(12-7-10-24-8-3-2-4-9-24)11-5-6-13-31(35-38-22-33(29)43-35)42-34(44)19-14-25-20-26(36)15-18-30(25)39-23-40-37/h2-4,8-9,14-23,27,31,41H,5-7,10-13,37H2,1H3,(H,38,43)(H,39,40)(H,42,44)/b19-14+/t27?,31-/m0/s1. The molecule has 4 aromatic rings. The van der Waals surface area contributed by atoms with Gasteiger partial charge in [0.1, 0.15) is 17.9 Å². The van der Waals surface area contributed by atoms with Gasteiger partial charge in [0.05, 0.1) is 18.8 Å². The summed E-state index contributed by atoms with van der Waals surface area (Å²) >= 11 is 6.21. The number of imidazole rings is 1. The summed E-state index contributed by atoms with van der Waals surface area (Å²) in [4.78, 5) is 21.5. The topological polar surface area (TPSA) is 129 Å². The number of aromatic amines is 1. The van der Waals surface area contributed by atoms with E-state index in [0.717, 1.165) is 84.7 Å². The number of aryl methyl sites for hydroxylation is 1. The first-order chi connectivity index (χ1) is 22.0. The lowest BCUT2D eigenvalue weighted by Crippen LogP contribution is -2.28. The molecule has 9 nitrogen and oxygen atoms in total. The van der Waals surface area contributed by atoms with E-state index in [9.17, 15) is 4.79 Å². The zero-order chi connectivity index (χ0) is 31.4. The fourth-order valence-corrected chi connectivity index (χ4v) is 5.84. The van der Waals surface area contributed by atoms with Gasteiger partial charge in [-0.1, -0.05) is 54.8 Å². The number of methoxy groups -OCH3 is 1. The maximum Gasteiger partial charge on any atom is 0.244 e. The van der Waals surface area contributed by atoms with Crippen molar-refractivity contribution in [2.45, 2.75) is 57.0 Å². The first kappa shape index (κ1) is 31.7. The van der Waals surface area contributed by atoms with Crippen LogP contribution in [0.25, 0.3) is 17.3 Å². The third-order valence-corrected chi connectivity index (χ3v) is 8.22. The minimum Gasteiger partial charge on any atom is -0.497 e. The Morgan fingerprint density at radius 1 is 1.13 bits per heavy atom. The maximum absolute atomic E-state index is 13.2. The van der Waals surface area contributed by atoms with Gasteiger partial charge >= 0.3 is 0 Å². The number of H-pyrrole nitrogens is 1. The highest BCUT2D eigenvalue weighted by Crippen LogP contribution is 2.34. The lowest BCUT2D eigenvalue weighted by molar-refractivity contribution is -0.117. The van der Waals surface area contributed by atoms with Crippen molar-refractivity contribution in [2.24, 2.45) is 10.9 Å². The molecular formula is C35H40ClN7O2. The van der Waals surface area contributed by atoms with Crippen LogP contribution in [0.3, 0.4) is 0 Å². The SMILES string of the molecule is COc1ccc2c(c1)NC(CCCc1ccccc1)CCCC[C@H](NC(=O)/C=C/c1cc(Cl)ccc1N/C=N\N)c1nc-2c[nH]1. The summed E-state index contributed by atoms with van der Waals surface area (Å²) in [5.41, 5.74) is 5.60. The van der Waals surface area contributed by atoms with Gasteiger partial charge in [-0.25, -0.2) is 4.98 Å². The molecule has 1 unspecified atom stereocenters. The van der Waals surface area contributed by atoms with Gasteiger partial charge < -0.3 is 31.5 Å². The molecule has 10 heteroatoms. The highest BCUT2D eigenvalue weighted by Gasteiger charge is 2.21. The van der Waals surface area contributed by atoms with E-state index < -0.39 is 0 Å². The molecule has 2 atom stereocenters. The highest BCUT2D eigenvalue weighted by atomic mass is 35.5. The lowest BCUT2D eigenvalue weighted by atomic mass is 9.98. The molecular weight excluding hydrogens is 586 g/mol. The predicted molar refractivity (Wildman–Crippen MR) is 184 cm³/mol. The second-order valence-corrected chi connectivity index (χ2v) is 11.6. The average Bonchev–Trinajstić information content (AvgIpc) is 3.55. The van der Waals surface area contributed by atoms with Gasteiger partial charge in [-0.3, -0.25) is 4.79 Å². The average molecular weight is 626 g/mol. The molecule has 1 aromatic heterocycles. The van der Waals surface area contributed by atoms with E-state index in [-0.39, 0.29) is 18.0 Å². The van der Waals surface area contributed by atoms with Crippen molar-refractivity contribution in [1.82, 2.24) is 15.3 Å². The van der Waals surface area contributed by atoms with Crippen LogP contribution in [0.1, 0.15) is 61.5 Å². The number of nitrogens with two attached hydrogens (primary N) is 1. The molecule has 0 spiro atoms. The number of halogens is 1. The molecule has 0 radical (unpaired) electrons. The number of carbonyl (C=O) groups excluding carboxylic acids is 1. The summed E-state index contributed by atoms with van der Waals surface area (Å²) < 4.78 is 5.57. The number of nitrogens with zero attached hydrogens (tertiary/aromatic N) is 2. The van der Waals surface area contributed by atoms with Gasteiger partial charge in [0.15, 0.2) is 0 Å². The molecule has 0 saturated heterocycles. The van der Waals surface area contributed by atoms with E-state index in [0.29, 0.717) is 5.02 Å². The Labute approximate surface area is 269 Å². The molecule has 2 heterocycles. The van der Waals surface area contributed by atoms with E-state index in [1.807, 2.05) is 24.4 Å². The van der Waals surface area contributed by atoms with Crippen LogP contribution in [0.15, 0.2) is 84.1 Å². The molecule has 5 rings (SSSR count). The minimum atomic E-state index is -0.275. The van der Waals surface area contributed by atoms with Gasteiger partial charge in [0, 0.05) is 46.3 Å². The van der Waals surface area contributed by atoms with Crippen molar-refractivity contribution >= 4 is 41.3 Å². The summed E-state index contributed by atoms with van der Waals surface area (Å²) in [6.45, 7) is 0. The smallest absolute Gasteiger partial charge is 0.244 e. The number of nitrogens with one attached hydrogen (secondary N) is 4. The predicted octanol–water partition coefficient (Wildman–Crippen LogP) is 7.30. The van der Waals surface area contributed by atoms with E-state index in [4.69, 9.17) is 27.2 Å². The van der Waals surface area contributed by atoms with Crippen LogP contribution in [0.2, 0.25) is 5.02 Å². The van der Waals surface area contributed by atoms with Crippen LogP contribution in [-0.4, -0.2) is 35.4 Å². The monoisotopic (exact) mass is 625 g/mol. The molecule has 0 fully saturated rings. The zero-order valence-corrected chi connectivity index (χ0v) is 26.2. The molecule has 0 aliphatic carbocycles.